The van der Waals surface area contributed by atoms with Crippen molar-refractivity contribution >= 4 is 23.6 Å². The maximum atomic E-state index is 12.9. The Bertz CT molecular complexity index is 838. The first-order valence-electron chi connectivity index (χ1n) is 9.30. The van der Waals surface area contributed by atoms with Crippen LogP contribution in [0.5, 0.6) is 5.75 Å². The van der Waals surface area contributed by atoms with Crippen LogP contribution in [0.2, 0.25) is 0 Å². The molecule has 6 heteroatoms. The van der Waals surface area contributed by atoms with Gasteiger partial charge in [-0.2, -0.15) is 0 Å². The molecule has 1 atom stereocenters. The van der Waals surface area contributed by atoms with E-state index in [0.717, 1.165) is 32.4 Å². The molecular weight excluding hydrogens is 344 g/mol. The molecule has 2 aromatic rings. The molecule has 140 valence electrons. The lowest BCUT2D eigenvalue weighted by molar-refractivity contribution is -0.139. The molecule has 4 rings (SSSR count). The van der Waals surface area contributed by atoms with Crippen molar-refractivity contribution in [2.75, 3.05) is 24.5 Å². The number of ether oxygens (including phenoxy) is 1. The molecule has 1 saturated heterocycles. The van der Waals surface area contributed by atoms with E-state index in [1.807, 2.05) is 23.1 Å². The van der Waals surface area contributed by atoms with Crippen LogP contribution in [-0.4, -0.2) is 42.5 Å². The van der Waals surface area contributed by atoms with Crippen LogP contribution in [0.15, 0.2) is 53.2 Å². The minimum absolute atomic E-state index is 0.0444. The molecule has 1 fully saturated rings. The van der Waals surface area contributed by atoms with Gasteiger partial charge in [0.1, 0.15) is 11.5 Å². The molecule has 2 amide bonds. The van der Waals surface area contributed by atoms with Crippen molar-refractivity contribution in [3.8, 4) is 5.75 Å². The molecule has 0 saturated carbocycles. The summed E-state index contributed by atoms with van der Waals surface area (Å²) in [6, 6.07) is 10.9. The maximum Gasteiger partial charge on any atom is 0.265 e. The average molecular weight is 366 g/mol. The number of carbonyl (C=O) groups is 2. The number of para-hydroxylation sites is 2. The Morgan fingerprint density at radius 3 is 2.63 bits per heavy atom. The third-order valence-corrected chi connectivity index (χ3v) is 4.92. The molecule has 0 aliphatic carbocycles. The molecule has 2 aliphatic rings. The Labute approximate surface area is 158 Å². The second-order valence-corrected chi connectivity index (χ2v) is 6.76. The number of furan rings is 1. The Balaban J connectivity index is 1.56. The van der Waals surface area contributed by atoms with Gasteiger partial charge in [0.05, 0.1) is 18.5 Å². The van der Waals surface area contributed by atoms with Crippen molar-refractivity contribution in [3.05, 3.63) is 54.5 Å². The van der Waals surface area contributed by atoms with Gasteiger partial charge in [0, 0.05) is 19.2 Å². The lowest BCUT2D eigenvalue weighted by Gasteiger charge is -2.37. The van der Waals surface area contributed by atoms with E-state index in [1.165, 1.54) is 6.08 Å². The fraction of sp³-hybridized carbons (Fsp3) is 0.333. The van der Waals surface area contributed by atoms with Crippen LogP contribution in [0.1, 0.15) is 25.0 Å². The Kier molecular flexibility index (Phi) is 4.96. The van der Waals surface area contributed by atoms with Gasteiger partial charge in [0.25, 0.3) is 11.8 Å². The first kappa shape index (κ1) is 17.4. The van der Waals surface area contributed by atoms with Crippen molar-refractivity contribution in [1.82, 2.24) is 4.90 Å². The smallest absolute Gasteiger partial charge is 0.265 e. The zero-order valence-electron chi connectivity index (χ0n) is 15.0. The van der Waals surface area contributed by atoms with Crippen LogP contribution >= 0.6 is 0 Å². The van der Waals surface area contributed by atoms with Gasteiger partial charge in [0.2, 0.25) is 0 Å². The fourth-order valence-electron chi connectivity index (χ4n) is 3.52. The van der Waals surface area contributed by atoms with E-state index in [1.54, 1.807) is 35.4 Å². The van der Waals surface area contributed by atoms with Gasteiger partial charge in [-0.1, -0.05) is 12.1 Å². The van der Waals surface area contributed by atoms with Crippen LogP contribution in [0, 0.1) is 0 Å². The van der Waals surface area contributed by atoms with E-state index in [0.29, 0.717) is 17.2 Å². The largest absolute Gasteiger partial charge is 0.476 e. The third-order valence-electron chi connectivity index (χ3n) is 4.92. The summed E-state index contributed by atoms with van der Waals surface area (Å²) in [6.07, 6.45) is 7.15. The first-order valence-corrected chi connectivity index (χ1v) is 9.30. The predicted octanol–water partition coefficient (Wildman–Crippen LogP) is 3.10. The number of anilines is 1. The second-order valence-electron chi connectivity index (χ2n) is 6.76. The highest BCUT2D eigenvalue weighted by molar-refractivity contribution is 6.05. The lowest BCUT2D eigenvalue weighted by Crippen LogP contribution is -2.52. The van der Waals surface area contributed by atoms with Gasteiger partial charge < -0.3 is 19.0 Å². The Morgan fingerprint density at radius 2 is 1.85 bits per heavy atom. The summed E-state index contributed by atoms with van der Waals surface area (Å²) in [5, 5.41) is 0. The number of fused-ring (bicyclic) bond motifs is 1. The molecule has 27 heavy (non-hydrogen) atoms. The number of hydrogen-bond donors (Lipinski definition) is 0. The summed E-state index contributed by atoms with van der Waals surface area (Å²) in [5.74, 6) is 0.903. The molecule has 0 radical (unpaired) electrons. The van der Waals surface area contributed by atoms with Crippen molar-refractivity contribution in [2.24, 2.45) is 0 Å². The van der Waals surface area contributed by atoms with E-state index < -0.39 is 6.10 Å². The highest BCUT2D eigenvalue weighted by Gasteiger charge is 2.35. The number of piperidine rings is 1. The number of amides is 2. The standard InChI is InChI=1S/C21H22N2O4/c24-20(11-10-16-7-6-14-26-16)23-15-19(21(25)22-12-4-1-5-13-22)27-18-9-3-2-8-17(18)23/h2-3,6-11,14,19H,1,4-5,12-13,15H2/b11-10+. The van der Waals surface area contributed by atoms with Gasteiger partial charge >= 0.3 is 0 Å². The van der Waals surface area contributed by atoms with E-state index in [-0.39, 0.29) is 18.4 Å². The van der Waals surface area contributed by atoms with Crippen molar-refractivity contribution in [3.63, 3.8) is 0 Å². The number of hydrogen-bond acceptors (Lipinski definition) is 4. The normalized spacial score (nSPS) is 19.6. The lowest BCUT2D eigenvalue weighted by atomic mass is 10.1. The van der Waals surface area contributed by atoms with Crippen LogP contribution in [-0.2, 0) is 9.59 Å². The molecule has 1 aromatic carbocycles. The van der Waals surface area contributed by atoms with Crippen molar-refractivity contribution in [1.29, 1.82) is 0 Å². The summed E-state index contributed by atoms with van der Waals surface area (Å²) in [6.45, 7) is 1.72. The molecule has 1 unspecified atom stereocenters. The van der Waals surface area contributed by atoms with Crippen molar-refractivity contribution < 1.29 is 18.7 Å². The fourth-order valence-corrected chi connectivity index (χ4v) is 3.52. The first-order chi connectivity index (χ1) is 13.2. The molecular formula is C21H22N2O4. The topological polar surface area (TPSA) is 63.0 Å². The molecule has 1 aromatic heterocycles. The van der Waals surface area contributed by atoms with Gasteiger partial charge in [-0.25, -0.2) is 0 Å². The van der Waals surface area contributed by atoms with Crippen LogP contribution in [0.25, 0.3) is 6.08 Å². The molecule has 6 nitrogen and oxygen atoms in total. The summed E-state index contributed by atoms with van der Waals surface area (Å²) >= 11 is 0. The highest BCUT2D eigenvalue weighted by atomic mass is 16.5. The predicted molar refractivity (Wildman–Crippen MR) is 101 cm³/mol. The average Bonchev–Trinajstić information content (AvgIpc) is 3.25. The van der Waals surface area contributed by atoms with E-state index in [9.17, 15) is 9.59 Å². The summed E-state index contributed by atoms with van der Waals surface area (Å²) in [4.78, 5) is 29.2. The van der Waals surface area contributed by atoms with Gasteiger partial charge in [-0.15, -0.1) is 0 Å². The maximum absolute atomic E-state index is 12.9. The zero-order chi connectivity index (χ0) is 18.6. The minimum Gasteiger partial charge on any atom is -0.476 e. The molecule has 0 N–H and O–H groups in total. The number of nitrogens with zero attached hydrogens (tertiary/aromatic N) is 2. The SMILES string of the molecule is O=C(C1CN(C(=O)/C=C/c2ccco2)c2ccccc2O1)N1CCCCC1. The van der Waals surface area contributed by atoms with Crippen molar-refractivity contribution in [2.45, 2.75) is 25.4 Å². The number of benzene rings is 1. The Morgan fingerprint density at radius 1 is 1.04 bits per heavy atom. The molecule has 3 heterocycles. The summed E-state index contributed by atoms with van der Waals surface area (Å²) in [7, 11) is 0. The highest BCUT2D eigenvalue weighted by Crippen LogP contribution is 2.34. The van der Waals surface area contributed by atoms with Crippen LogP contribution < -0.4 is 9.64 Å². The van der Waals surface area contributed by atoms with E-state index in [4.69, 9.17) is 9.15 Å². The quantitative estimate of drug-likeness (QED) is 0.783. The molecule has 0 bridgehead atoms. The number of carbonyl (C=O) groups excluding carboxylic acids is 2. The number of likely N-dealkylation sites (tertiary alicyclic amines) is 1. The monoisotopic (exact) mass is 366 g/mol. The van der Waals surface area contributed by atoms with Gasteiger partial charge in [-0.05, 0) is 49.6 Å². The number of rotatable bonds is 3. The molecule has 0 spiro atoms. The summed E-state index contributed by atoms with van der Waals surface area (Å²) < 4.78 is 11.2. The van der Waals surface area contributed by atoms with E-state index >= 15 is 0 Å². The third kappa shape index (κ3) is 3.74. The zero-order valence-corrected chi connectivity index (χ0v) is 15.0. The van der Waals surface area contributed by atoms with Crippen LogP contribution in [0.3, 0.4) is 0 Å². The summed E-state index contributed by atoms with van der Waals surface area (Å²) in [5.41, 5.74) is 0.675. The van der Waals surface area contributed by atoms with Gasteiger partial charge in [-0.3, -0.25) is 9.59 Å². The van der Waals surface area contributed by atoms with Gasteiger partial charge in [0.15, 0.2) is 6.10 Å². The van der Waals surface area contributed by atoms with Crippen LogP contribution in [0.4, 0.5) is 5.69 Å². The minimum atomic E-state index is -0.682. The van der Waals surface area contributed by atoms with E-state index in [2.05, 4.69) is 0 Å². The Hall–Kier alpha value is -3.02. The second kappa shape index (κ2) is 7.70. The molecule has 2 aliphatic heterocycles.